The van der Waals surface area contributed by atoms with Gasteiger partial charge in [0.2, 0.25) is 11.8 Å². The molecular formula is C15H20F2N2OS. The molecule has 0 radical (unpaired) electrons. The molecule has 2 heterocycles. The van der Waals surface area contributed by atoms with E-state index in [1.165, 1.54) is 0 Å². The number of halogens is 2. The molecule has 1 saturated heterocycles. The Balaban J connectivity index is 1.60. The van der Waals surface area contributed by atoms with Gasteiger partial charge in [-0.2, -0.15) is 0 Å². The molecule has 1 unspecified atom stereocenters. The topological polar surface area (TPSA) is 33.2 Å². The molecule has 0 spiro atoms. The number of carbonyl (C=O) groups is 1. The number of hydrogen-bond donors (Lipinski definition) is 0. The van der Waals surface area contributed by atoms with Crippen LogP contribution in [0.5, 0.6) is 0 Å². The van der Waals surface area contributed by atoms with Crippen LogP contribution >= 0.6 is 11.3 Å². The van der Waals surface area contributed by atoms with E-state index in [0.717, 1.165) is 24.4 Å². The van der Waals surface area contributed by atoms with Gasteiger partial charge in [0.25, 0.3) is 0 Å². The zero-order valence-corrected chi connectivity index (χ0v) is 12.7. The SMILES string of the molecule is O=C(C1CCC(F)(F)CC1)N1CCCC(c2nccs2)C1. The van der Waals surface area contributed by atoms with Gasteiger partial charge in [0.15, 0.2) is 0 Å². The van der Waals surface area contributed by atoms with Crippen LogP contribution < -0.4 is 0 Å². The molecule has 1 amide bonds. The summed E-state index contributed by atoms with van der Waals surface area (Å²) in [6.45, 7) is 1.45. The van der Waals surface area contributed by atoms with Crippen molar-refractivity contribution in [1.29, 1.82) is 0 Å². The van der Waals surface area contributed by atoms with Crippen molar-refractivity contribution in [2.75, 3.05) is 13.1 Å². The maximum Gasteiger partial charge on any atom is 0.248 e. The predicted molar refractivity (Wildman–Crippen MR) is 77.6 cm³/mol. The Kier molecular flexibility index (Phi) is 4.24. The van der Waals surface area contributed by atoms with Gasteiger partial charge in [-0.1, -0.05) is 0 Å². The largest absolute Gasteiger partial charge is 0.342 e. The fourth-order valence-electron chi connectivity index (χ4n) is 3.36. The summed E-state index contributed by atoms with van der Waals surface area (Å²) >= 11 is 1.63. The lowest BCUT2D eigenvalue weighted by Crippen LogP contribution is -2.44. The number of carbonyl (C=O) groups excluding carboxylic acids is 1. The first-order valence-corrected chi connectivity index (χ1v) is 8.49. The van der Waals surface area contributed by atoms with Crippen LogP contribution in [0.3, 0.4) is 0 Å². The van der Waals surface area contributed by atoms with E-state index in [1.807, 2.05) is 10.3 Å². The number of aromatic nitrogens is 1. The minimum Gasteiger partial charge on any atom is -0.342 e. The van der Waals surface area contributed by atoms with E-state index in [0.29, 0.717) is 25.3 Å². The van der Waals surface area contributed by atoms with Crippen molar-refractivity contribution in [2.24, 2.45) is 5.92 Å². The van der Waals surface area contributed by atoms with E-state index in [1.54, 1.807) is 17.5 Å². The van der Waals surface area contributed by atoms with Crippen molar-refractivity contribution in [3.63, 3.8) is 0 Å². The molecule has 0 N–H and O–H groups in total. The van der Waals surface area contributed by atoms with E-state index in [2.05, 4.69) is 4.98 Å². The first-order valence-electron chi connectivity index (χ1n) is 7.61. The van der Waals surface area contributed by atoms with Gasteiger partial charge in [-0.3, -0.25) is 4.79 Å². The molecule has 6 heteroatoms. The van der Waals surface area contributed by atoms with Gasteiger partial charge in [-0.15, -0.1) is 11.3 Å². The van der Waals surface area contributed by atoms with Crippen molar-refractivity contribution in [3.8, 4) is 0 Å². The summed E-state index contributed by atoms with van der Waals surface area (Å²) in [6.07, 6.45) is 4.18. The smallest absolute Gasteiger partial charge is 0.248 e. The Morgan fingerprint density at radius 1 is 1.33 bits per heavy atom. The van der Waals surface area contributed by atoms with Crippen LogP contribution in [0.15, 0.2) is 11.6 Å². The van der Waals surface area contributed by atoms with Gasteiger partial charge in [0.05, 0.1) is 5.01 Å². The fourth-order valence-corrected chi connectivity index (χ4v) is 4.13. The highest BCUT2D eigenvalue weighted by molar-refractivity contribution is 7.09. The predicted octanol–water partition coefficient (Wildman–Crippen LogP) is 3.67. The molecule has 116 valence electrons. The molecule has 3 rings (SSSR count). The quantitative estimate of drug-likeness (QED) is 0.834. The molecule has 2 aliphatic rings. The number of rotatable bonds is 2. The Labute approximate surface area is 127 Å². The van der Waals surface area contributed by atoms with Gasteiger partial charge in [-0.25, -0.2) is 13.8 Å². The molecule has 1 saturated carbocycles. The maximum atomic E-state index is 13.2. The first-order chi connectivity index (χ1) is 10.1. The number of piperidine rings is 1. The Morgan fingerprint density at radius 3 is 2.76 bits per heavy atom. The second kappa shape index (κ2) is 5.99. The molecule has 0 aromatic carbocycles. The van der Waals surface area contributed by atoms with Crippen molar-refractivity contribution in [2.45, 2.75) is 50.4 Å². The molecular weight excluding hydrogens is 294 g/mol. The summed E-state index contributed by atoms with van der Waals surface area (Å²) in [6, 6.07) is 0. The van der Waals surface area contributed by atoms with E-state index < -0.39 is 5.92 Å². The van der Waals surface area contributed by atoms with Gasteiger partial charge < -0.3 is 4.90 Å². The summed E-state index contributed by atoms with van der Waals surface area (Å²) in [5.41, 5.74) is 0. The normalized spacial score (nSPS) is 26.8. The van der Waals surface area contributed by atoms with Crippen molar-refractivity contribution >= 4 is 17.2 Å². The third-order valence-corrected chi connectivity index (χ3v) is 5.54. The van der Waals surface area contributed by atoms with Gasteiger partial charge >= 0.3 is 0 Å². The highest BCUT2D eigenvalue weighted by atomic mass is 32.1. The Morgan fingerprint density at radius 2 is 2.10 bits per heavy atom. The summed E-state index contributed by atoms with van der Waals surface area (Å²) in [5.74, 6) is -2.39. The van der Waals surface area contributed by atoms with Gasteiger partial charge in [-0.05, 0) is 25.7 Å². The number of thiazole rings is 1. The lowest BCUT2D eigenvalue weighted by atomic mass is 9.85. The molecule has 3 nitrogen and oxygen atoms in total. The van der Waals surface area contributed by atoms with Crippen LogP contribution in [-0.4, -0.2) is 34.8 Å². The minimum atomic E-state index is -2.57. The van der Waals surface area contributed by atoms with Crippen LogP contribution in [0.4, 0.5) is 8.78 Å². The van der Waals surface area contributed by atoms with Crippen molar-refractivity contribution in [1.82, 2.24) is 9.88 Å². The molecule has 1 aromatic rings. The fraction of sp³-hybridized carbons (Fsp3) is 0.733. The average molecular weight is 314 g/mol. The Hall–Kier alpha value is -1.04. The van der Waals surface area contributed by atoms with E-state index in [4.69, 9.17) is 0 Å². The van der Waals surface area contributed by atoms with Crippen LogP contribution in [0.1, 0.15) is 49.5 Å². The van der Waals surface area contributed by atoms with Crippen molar-refractivity contribution in [3.05, 3.63) is 16.6 Å². The molecule has 2 fully saturated rings. The zero-order chi connectivity index (χ0) is 14.9. The van der Waals surface area contributed by atoms with Crippen LogP contribution in [0.25, 0.3) is 0 Å². The molecule has 1 aliphatic heterocycles. The summed E-state index contributed by atoms with van der Waals surface area (Å²) in [7, 11) is 0. The molecule has 1 atom stereocenters. The van der Waals surface area contributed by atoms with Crippen LogP contribution in [0, 0.1) is 5.92 Å². The molecule has 0 bridgehead atoms. The van der Waals surface area contributed by atoms with E-state index in [-0.39, 0.29) is 24.7 Å². The standard InChI is InChI=1S/C15H20F2N2OS/c16-15(17)5-3-11(4-6-15)14(20)19-8-1-2-12(10-19)13-18-7-9-21-13/h7,9,11-12H,1-6,8,10H2. The van der Waals surface area contributed by atoms with Crippen molar-refractivity contribution < 1.29 is 13.6 Å². The highest BCUT2D eigenvalue weighted by Gasteiger charge is 2.39. The van der Waals surface area contributed by atoms with Gasteiger partial charge in [0.1, 0.15) is 0 Å². The lowest BCUT2D eigenvalue weighted by molar-refractivity contribution is -0.140. The first kappa shape index (κ1) is 14.9. The monoisotopic (exact) mass is 314 g/mol. The third kappa shape index (κ3) is 3.42. The number of likely N-dealkylation sites (tertiary alicyclic amines) is 1. The number of amides is 1. The number of hydrogen-bond acceptors (Lipinski definition) is 3. The highest BCUT2D eigenvalue weighted by Crippen LogP contribution is 2.38. The number of alkyl halides is 2. The second-order valence-corrected chi connectivity index (χ2v) is 7.05. The number of nitrogens with zero attached hydrogens (tertiary/aromatic N) is 2. The average Bonchev–Trinajstić information content (AvgIpc) is 3.01. The zero-order valence-electron chi connectivity index (χ0n) is 11.9. The minimum absolute atomic E-state index is 0.0757. The molecule has 21 heavy (non-hydrogen) atoms. The summed E-state index contributed by atoms with van der Waals surface area (Å²) in [4.78, 5) is 18.8. The maximum absolute atomic E-state index is 13.2. The van der Waals surface area contributed by atoms with Crippen LogP contribution in [-0.2, 0) is 4.79 Å². The third-order valence-electron chi connectivity index (χ3n) is 4.60. The summed E-state index contributed by atoms with van der Waals surface area (Å²) < 4.78 is 26.4. The molecule has 1 aromatic heterocycles. The van der Waals surface area contributed by atoms with Gasteiger partial charge in [0, 0.05) is 49.3 Å². The summed E-state index contributed by atoms with van der Waals surface area (Å²) in [5, 5.41) is 3.04. The van der Waals surface area contributed by atoms with Crippen LogP contribution in [0.2, 0.25) is 0 Å². The van der Waals surface area contributed by atoms with E-state index >= 15 is 0 Å². The lowest BCUT2D eigenvalue weighted by Gasteiger charge is -2.36. The van der Waals surface area contributed by atoms with E-state index in [9.17, 15) is 13.6 Å². The second-order valence-electron chi connectivity index (χ2n) is 6.12. The molecule has 1 aliphatic carbocycles. The Bertz CT molecular complexity index is 482.